The van der Waals surface area contributed by atoms with Crippen molar-refractivity contribution in [3.8, 4) is 0 Å². The lowest BCUT2D eigenvalue weighted by atomic mass is 9.37. The third-order valence-electron chi connectivity index (χ3n) is 10.7. The van der Waals surface area contributed by atoms with Crippen LogP contribution in [0.1, 0.15) is 65.0 Å². The van der Waals surface area contributed by atoms with Crippen molar-refractivity contribution in [3.05, 3.63) is 24.2 Å². The van der Waals surface area contributed by atoms with Gasteiger partial charge in [0.15, 0.2) is 6.10 Å². The van der Waals surface area contributed by atoms with Crippen LogP contribution in [0.4, 0.5) is 0 Å². The summed E-state index contributed by atoms with van der Waals surface area (Å²) in [6.45, 7) is 8.36. The number of rotatable bonds is 1. The van der Waals surface area contributed by atoms with E-state index < -0.39 is 45.6 Å². The van der Waals surface area contributed by atoms with Crippen molar-refractivity contribution in [3.63, 3.8) is 0 Å². The Morgan fingerprint density at radius 3 is 2.50 bits per heavy atom. The molecule has 6 fully saturated rings. The molecule has 2 saturated carbocycles. The molecule has 6 aliphatic rings. The van der Waals surface area contributed by atoms with Gasteiger partial charge < -0.3 is 23.4 Å². The number of epoxide rings is 1. The lowest BCUT2D eigenvalue weighted by Crippen LogP contribution is -2.72. The zero-order valence-corrected chi connectivity index (χ0v) is 19.9. The van der Waals surface area contributed by atoms with Gasteiger partial charge in [-0.15, -0.1) is 0 Å². The molecule has 0 amide bonds. The van der Waals surface area contributed by atoms with E-state index in [0.29, 0.717) is 12.8 Å². The molecule has 8 nitrogen and oxygen atoms in total. The molecule has 2 aliphatic carbocycles. The van der Waals surface area contributed by atoms with Crippen LogP contribution in [-0.4, -0.2) is 47.7 Å². The summed E-state index contributed by atoms with van der Waals surface area (Å²) in [5.74, 6) is -0.780. The van der Waals surface area contributed by atoms with Crippen molar-refractivity contribution in [1.29, 1.82) is 0 Å². The first-order valence-electron chi connectivity index (χ1n) is 12.3. The van der Waals surface area contributed by atoms with Crippen molar-refractivity contribution in [2.24, 2.45) is 28.1 Å². The molecule has 7 rings (SSSR count). The normalized spacial score (nSPS) is 52.4. The van der Waals surface area contributed by atoms with E-state index >= 15 is 0 Å². The number of furan rings is 1. The van der Waals surface area contributed by atoms with E-state index in [1.54, 1.807) is 12.5 Å². The van der Waals surface area contributed by atoms with E-state index in [-0.39, 0.29) is 42.7 Å². The number of ketones is 1. The van der Waals surface area contributed by atoms with Crippen LogP contribution in [0.25, 0.3) is 0 Å². The van der Waals surface area contributed by atoms with Gasteiger partial charge in [0.05, 0.1) is 36.1 Å². The summed E-state index contributed by atoms with van der Waals surface area (Å²) >= 11 is 0. The molecule has 0 bridgehead atoms. The quantitative estimate of drug-likeness (QED) is 0.455. The minimum absolute atomic E-state index is 0.0677. The van der Waals surface area contributed by atoms with E-state index in [9.17, 15) is 14.4 Å². The van der Waals surface area contributed by atoms with Gasteiger partial charge in [-0.2, -0.15) is 0 Å². The molecule has 8 heteroatoms. The Kier molecular flexibility index (Phi) is 3.70. The highest BCUT2D eigenvalue weighted by Crippen LogP contribution is 2.79. The molecular formula is C26H30O8. The van der Waals surface area contributed by atoms with Crippen molar-refractivity contribution in [1.82, 2.24) is 0 Å². The van der Waals surface area contributed by atoms with E-state index in [4.69, 9.17) is 23.4 Å². The number of fused-ring (bicyclic) bond motifs is 1. The van der Waals surface area contributed by atoms with Crippen LogP contribution in [0.2, 0.25) is 0 Å². The molecule has 4 saturated heterocycles. The molecule has 2 spiro atoms. The second-order valence-corrected chi connectivity index (χ2v) is 12.2. The van der Waals surface area contributed by atoms with Crippen molar-refractivity contribution in [2.75, 3.05) is 6.61 Å². The first kappa shape index (κ1) is 21.1. The van der Waals surface area contributed by atoms with Gasteiger partial charge in [0.1, 0.15) is 24.1 Å². The maximum Gasteiger partial charge on any atom is 0.339 e. The second-order valence-electron chi connectivity index (χ2n) is 12.2. The van der Waals surface area contributed by atoms with Crippen molar-refractivity contribution in [2.45, 2.75) is 82.9 Å². The third kappa shape index (κ3) is 2.02. The summed E-state index contributed by atoms with van der Waals surface area (Å²) in [6.07, 6.45) is 3.46. The molecule has 0 unspecified atom stereocenters. The van der Waals surface area contributed by atoms with Crippen LogP contribution < -0.4 is 0 Å². The lowest BCUT2D eigenvalue weighted by molar-refractivity contribution is -0.225. The van der Waals surface area contributed by atoms with Crippen molar-refractivity contribution < 1.29 is 37.7 Å². The fourth-order valence-corrected chi connectivity index (χ4v) is 9.34. The zero-order valence-electron chi connectivity index (χ0n) is 19.9. The van der Waals surface area contributed by atoms with Gasteiger partial charge in [0.2, 0.25) is 0 Å². The average Bonchev–Trinajstić information content (AvgIpc) is 3.26. The Morgan fingerprint density at radius 1 is 0.971 bits per heavy atom. The Bertz CT molecular complexity index is 1120. The minimum Gasteiger partial charge on any atom is -0.472 e. The van der Waals surface area contributed by atoms with Crippen LogP contribution in [-0.2, 0) is 33.3 Å². The molecule has 182 valence electrons. The number of carbonyl (C=O) groups excluding carboxylic acids is 3. The van der Waals surface area contributed by atoms with Crippen LogP contribution in [0.15, 0.2) is 23.0 Å². The van der Waals surface area contributed by atoms with Gasteiger partial charge in [-0.1, -0.05) is 6.92 Å². The third-order valence-corrected chi connectivity index (χ3v) is 10.7. The fourth-order valence-electron chi connectivity index (χ4n) is 9.34. The lowest BCUT2D eigenvalue weighted by Gasteiger charge is -2.65. The predicted octanol–water partition coefficient (Wildman–Crippen LogP) is 3.14. The topological polar surface area (TPSA) is 105 Å². The smallest absolute Gasteiger partial charge is 0.339 e. The molecule has 0 N–H and O–H groups in total. The number of hydrogen-bond donors (Lipinski definition) is 0. The van der Waals surface area contributed by atoms with Gasteiger partial charge in [-0.05, 0) is 45.6 Å². The molecule has 0 radical (unpaired) electrons. The standard InChI is InChI=1S/C26H30O8/c1-22(2)15-9-16(27)24(4)14(25(15)12-31-18(28)10-17(25)33-22)5-7-23(3)19(13-6-8-30-11-13)32-21(29)20-26(23,24)34-20/h6,8,11,14-15,17,19-20H,5,7,9-10,12H2,1-4H3/t14-,15+,17+,19+,20+,23+,24-,25+,26+/m0/s1. The number of hydrogen-bond acceptors (Lipinski definition) is 8. The maximum absolute atomic E-state index is 14.2. The summed E-state index contributed by atoms with van der Waals surface area (Å²) in [4.78, 5) is 39.7. The monoisotopic (exact) mass is 470 g/mol. The molecular weight excluding hydrogens is 440 g/mol. The number of ether oxygens (including phenoxy) is 4. The number of Topliss-reactive ketones (excluding diaryl/α,β-unsaturated/α-hetero) is 1. The van der Waals surface area contributed by atoms with Crippen LogP contribution in [0, 0.1) is 28.1 Å². The van der Waals surface area contributed by atoms with Crippen molar-refractivity contribution >= 4 is 17.7 Å². The highest BCUT2D eigenvalue weighted by Gasteiger charge is 2.89. The second kappa shape index (κ2) is 5.95. The Balaban J connectivity index is 1.41. The van der Waals surface area contributed by atoms with Gasteiger partial charge in [-0.3, -0.25) is 9.59 Å². The summed E-state index contributed by atoms with van der Waals surface area (Å²) in [5.41, 5.74) is -2.78. The number of cyclic esters (lactones) is 2. The van der Waals surface area contributed by atoms with Crippen LogP contribution >= 0.6 is 0 Å². The zero-order chi connectivity index (χ0) is 23.9. The molecule has 1 aromatic heterocycles. The highest BCUT2D eigenvalue weighted by molar-refractivity contribution is 5.93. The SMILES string of the molecule is CC1(C)O[C@@H]2CC(=O)OC[C@@]23[C@@H]1CC(=O)[C@]1(C)[C@@H]3CC[C@]2(C)[C@@H](c3ccoc3)OC(=O)[C@H]3O[C@]321. The fraction of sp³-hybridized carbons (Fsp3) is 0.731. The molecule has 34 heavy (non-hydrogen) atoms. The summed E-state index contributed by atoms with van der Waals surface area (Å²) < 4.78 is 29.8. The van der Waals surface area contributed by atoms with E-state index in [1.165, 1.54) is 0 Å². The average molecular weight is 471 g/mol. The van der Waals surface area contributed by atoms with E-state index in [0.717, 1.165) is 12.0 Å². The van der Waals surface area contributed by atoms with Crippen LogP contribution in [0.5, 0.6) is 0 Å². The minimum atomic E-state index is -0.976. The highest BCUT2D eigenvalue weighted by atomic mass is 16.7. The molecule has 0 aromatic carbocycles. The van der Waals surface area contributed by atoms with Gasteiger partial charge in [0.25, 0.3) is 0 Å². The van der Waals surface area contributed by atoms with E-state index in [2.05, 4.69) is 6.92 Å². The molecule has 5 heterocycles. The summed E-state index contributed by atoms with van der Waals surface area (Å²) in [6, 6.07) is 1.81. The first-order valence-corrected chi connectivity index (χ1v) is 12.3. The molecule has 1 aromatic rings. The van der Waals surface area contributed by atoms with E-state index in [1.807, 2.05) is 26.8 Å². The summed E-state index contributed by atoms with van der Waals surface area (Å²) in [7, 11) is 0. The number of carbonyl (C=O) groups is 3. The Morgan fingerprint density at radius 2 is 1.76 bits per heavy atom. The van der Waals surface area contributed by atoms with Gasteiger partial charge in [-0.25, -0.2) is 4.79 Å². The predicted molar refractivity (Wildman–Crippen MR) is 114 cm³/mol. The van der Waals surface area contributed by atoms with Gasteiger partial charge >= 0.3 is 11.9 Å². The Labute approximate surface area is 197 Å². The molecule has 4 aliphatic heterocycles. The first-order chi connectivity index (χ1) is 16.0. The summed E-state index contributed by atoms with van der Waals surface area (Å²) in [5, 5.41) is 0. The Hall–Kier alpha value is -2.19. The number of esters is 2. The maximum atomic E-state index is 14.2. The largest absolute Gasteiger partial charge is 0.472 e. The van der Waals surface area contributed by atoms with Crippen LogP contribution in [0.3, 0.4) is 0 Å². The molecule has 9 atom stereocenters. The van der Waals surface area contributed by atoms with Gasteiger partial charge in [0, 0.05) is 28.7 Å².